The van der Waals surface area contributed by atoms with Crippen molar-refractivity contribution >= 4 is 12.2 Å². The Morgan fingerprint density at radius 2 is 1.65 bits per heavy atom. The lowest BCUT2D eigenvalue weighted by Crippen LogP contribution is -2.55. The van der Waals surface area contributed by atoms with Gasteiger partial charge in [0.1, 0.15) is 12.6 Å². The van der Waals surface area contributed by atoms with Gasteiger partial charge in [-0.1, -0.05) is 72.8 Å². The Morgan fingerprint density at radius 1 is 1.08 bits per heavy atom. The Hall–Kier alpha value is -2.80. The molecule has 0 unspecified atom stereocenters. The van der Waals surface area contributed by atoms with Gasteiger partial charge in [0.05, 0.1) is 6.04 Å². The van der Waals surface area contributed by atoms with Gasteiger partial charge in [0.2, 0.25) is 0 Å². The summed E-state index contributed by atoms with van der Waals surface area (Å²) in [5, 5.41) is 1.80. The monoisotopic (exact) mass is 364 g/mol. The highest BCUT2D eigenvalue weighted by molar-refractivity contribution is 5.68. The van der Waals surface area contributed by atoms with E-state index in [4.69, 9.17) is 10.5 Å². The molecule has 0 aliphatic carbocycles. The second kappa shape index (κ2) is 9.05. The third-order valence-corrected chi connectivity index (χ3v) is 3.53. The number of benzene rings is 2. The fourth-order valence-electron chi connectivity index (χ4n) is 2.19. The van der Waals surface area contributed by atoms with Gasteiger partial charge < -0.3 is 15.8 Å². The molecule has 0 aliphatic heterocycles. The van der Waals surface area contributed by atoms with Crippen LogP contribution in [-0.4, -0.2) is 24.4 Å². The van der Waals surface area contributed by atoms with E-state index in [2.05, 4.69) is 0 Å². The van der Waals surface area contributed by atoms with Crippen LogP contribution in [0.15, 0.2) is 66.7 Å². The number of amides is 1. The summed E-state index contributed by atoms with van der Waals surface area (Å²) in [6.07, 6.45) is -3.22. The van der Waals surface area contributed by atoms with E-state index in [1.165, 1.54) is 12.2 Å². The van der Waals surface area contributed by atoms with Crippen LogP contribution in [0.2, 0.25) is 0 Å². The quantitative estimate of drug-likeness (QED) is 0.817. The van der Waals surface area contributed by atoms with Gasteiger partial charge in [0, 0.05) is 0 Å². The van der Waals surface area contributed by atoms with Crippen molar-refractivity contribution in [3.63, 3.8) is 0 Å². The van der Waals surface area contributed by atoms with Crippen molar-refractivity contribution in [2.24, 2.45) is 5.73 Å². The number of hydrogen-bond acceptors (Lipinski definition) is 3. The van der Waals surface area contributed by atoms with Crippen LogP contribution in [0.1, 0.15) is 11.1 Å². The molecule has 0 saturated carbocycles. The van der Waals surface area contributed by atoms with Crippen LogP contribution in [0.4, 0.5) is 18.0 Å². The molecule has 0 bridgehead atoms. The van der Waals surface area contributed by atoms with Crippen LogP contribution in [0.3, 0.4) is 0 Å². The lowest BCUT2D eigenvalue weighted by molar-refractivity contribution is -0.156. The zero-order chi connectivity index (χ0) is 19.0. The number of carbonyl (C=O) groups excluding carboxylic acids is 1. The van der Waals surface area contributed by atoms with Gasteiger partial charge >= 0.3 is 12.3 Å². The van der Waals surface area contributed by atoms with Crippen LogP contribution in [-0.2, 0) is 11.3 Å². The Morgan fingerprint density at radius 3 is 2.23 bits per heavy atom. The van der Waals surface area contributed by atoms with Crippen molar-refractivity contribution in [3.8, 4) is 0 Å². The second-order valence-electron chi connectivity index (χ2n) is 5.57. The highest BCUT2D eigenvalue weighted by Crippen LogP contribution is 2.23. The Kier molecular flexibility index (Phi) is 6.80. The molecule has 2 rings (SSSR count). The summed E-state index contributed by atoms with van der Waals surface area (Å²) in [5.41, 5.74) is 7.00. The van der Waals surface area contributed by atoms with Crippen LogP contribution in [0, 0.1) is 0 Å². The summed E-state index contributed by atoms with van der Waals surface area (Å²) in [6, 6.07) is 13.7. The normalized spacial score (nSPS) is 14.0. The van der Waals surface area contributed by atoms with E-state index in [-0.39, 0.29) is 6.61 Å². The first-order valence-electron chi connectivity index (χ1n) is 7.89. The van der Waals surface area contributed by atoms with Gasteiger partial charge in [-0.2, -0.15) is 13.2 Å². The minimum Gasteiger partial charge on any atom is -0.445 e. The molecule has 0 heterocycles. The molecule has 2 aromatic carbocycles. The number of alkyl carbamates (subject to hydrolysis) is 1. The average Bonchev–Trinajstić information content (AvgIpc) is 2.63. The Bertz CT molecular complexity index is 719. The molecule has 138 valence electrons. The van der Waals surface area contributed by atoms with E-state index < -0.39 is 24.4 Å². The Balaban J connectivity index is 1.98. The van der Waals surface area contributed by atoms with Crippen molar-refractivity contribution < 1.29 is 22.7 Å². The summed E-state index contributed by atoms with van der Waals surface area (Å²) >= 11 is 0. The van der Waals surface area contributed by atoms with Gasteiger partial charge in [-0.25, -0.2) is 4.79 Å². The molecule has 7 heteroatoms. The average molecular weight is 364 g/mol. The number of nitrogens with one attached hydrogen (secondary N) is 1. The number of nitrogens with two attached hydrogens (primary N) is 1. The smallest absolute Gasteiger partial charge is 0.410 e. The molecule has 26 heavy (non-hydrogen) atoms. The van der Waals surface area contributed by atoms with Gasteiger partial charge in [0.25, 0.3) is 0 Å². The number of carbonyl (C=O) groups is 1. The molecular formula is C19H19F3N2O2. The van der Waals surface area contributed by atoms with E-state index in [1.807, 2.05) is 0 Å². The van der Waals surface area contributed by atoms with E-state index in [0.717, 1.165) is 0 Å². The maximum Gasteiger partial charge on any atom is 0.410 e. The molecule has 0 radical (unpaired) electrons. The number of ether oxygens (including phenoxy) is 1. The summed E-state index contributed by atoms with van der Waals surface area (Å²) in [7, 11) is 0. The first-order valence-corrected chi connectivity index (χ1v) is 7.89. The SMILES string of the molecule is N[C@H](/C=C/c1ccccc1)[C@H](NC(=O)OCc1ccccc1)C(F)(F)F. The highest BCUT2D eigenvalue weighted by Gasteiger charge is 2.44. The Labute approximate surface area is 149 Å². The molecule has 0 spiro atoms. The van der Waals surface area contributed by atoms with Crippen LogP contribution in [0.5, 0.6) is 0 Å². The molecule has 2 aromatic rings. The van der Waals surface area contributed by atoms with Gasteiger partial charge in [-0.15, -0.1) is 0 Å². The summed E-state index contributed by atoms with van der Waals surface area (Å²) in [5.74, 6) is 0. The molecule has 3 N–H and O–H groups in total. The molecular weight excluding hydrogens is 345 g/mol. The first-order chi connectivity index (χ1) is 12.4. The zero-order valence-electron chi connectivity index (χ0n) is 13.8. The molecule has 0 saturated heterocycles. The van der Waals surface area contributed by atoms with Crippen LogP contribution >= 0.6 is 0 Å². The van der Waals surface area contributed by atoms with Crippen LogP contribution in [0.25, 0.3) is 6.08 Å². The summed E-state index contributed by atoms with van der Waals surface area (Å²) in [6.45, 7) is -0.133. The maximum absolute atomic E-state index is 13.2. The van der Waals surface area contributed by atoms with Gasteiger partial charge in [-0.3, -0.25) is 0 Å². The summed E-state index contributed by atoms with van der Waals surface area (Å²) < 4.78 is 44.5. The van der Waals surface area contributed by atoms with E-state index in [9.17, 15) is 18.0 Å². The van der Waals surface area contributed by atoms with E-state index in [0.29, 0.717) is 11.1 Å². The van der Waals surface area contributed by atoms with Crippen molar-refractivity contribution in [2.45, 2.75) is 24.9 Å². The minimum atomic E-state index is -4.72. The molecule has 4 nitrogen and oxygen atoms in total. The molecule has 0 aromatic heterocycles. The highest BCUT2D eigenvalue weighted by atomic mass is 19.4. The third-order valence-electron chi connectivity index (χ3n) is 3.53. The topological polar surface area (TPSA) is 64.3 Å². The molecule has 0 aliphatic rings. The molecule has 0 fully saturated rings. The van der Waals surface area contributed by atoms with Crippen molar-refractivity contribution in [1.82, 2.24) is 5.32 Å². The number of halogens is 3. The van der Waals surface area contributed by atoms with Crippen molar-refractivity contribution in [2.75, 3.05) is 0 Å². The number of hydrogen-bond donors (Lipinski definition) is 2. The standard InChI is InChI=1S/C19H19F3N2O2/c20-19(21,22)17(16(23)12-11-14-7-3-1-4-8-14)24-18(25)26-13-15-9-5-2-6-10-15/h1-12,16-17H,13,23H2,(H,24,25)/b12-11+/t16-,17+/m1/s1. The fraction of sp³-hybridized carbons (Fsp3) is 0.211. The maximum atomic E-state index is 13.2. The van der Waals surface area contributed by atoms with E-state index >= 15 is 0 Å². The van der Waals surface area contributed by atoms with Gasteiger partial charge in [0.15, 0.2) is 0 Å². The number of rotatable bonds is 6. The van der Waals surface area contributed by atoms with Crippen molar-refractivity contribution in [1.29, 1.82) is 0 Å². The lowest BCUT2D eigenvalue weighted by Gasteiger charge is -2.25. The minimum absolute atomic E-state index is 0.133. The van der Waals surface area contributed by atoms with Crippen molar-refractivity contribution in [3.05, 3.63) is 77.9 Å². The molecule has 1 amide bonds. The largest absolute Gasteiger partial charge is 0.445 e. The second-order valence-corrected chi connectivity index (χ2v) is 5.57. The zero-order valence-corrected chi connectivity index (χ0v) is 13.8. The predicted molar refractivity (Wildman–Crippen MR) is 93.1 cm³/mol. The van der Waals surface area contributed by atoms with E-state index in [1.54, 1.807) is 66.0 Å². The van der Waals surface area contributed by atoms with Gasteiger partial charge in [-0.05, 0) is 11.1 Å². The third kappa shape index (κ3) is 6.25. The molecule has 2 atom stereocenters. The number of alkyl halides is 3. The predicted octanol–water partition coefficient (Wildman–Crippen LogP) is 3.88. The lowest BCUT2D eigenvalue weighted by atomic mass is 10.1. The summed E-state index contributed by atoms with van der Waals surface area (Å²) in [4.78, 5) is 11.7. The first kappa shape index (κ1) is 19.5. The fourth-order valence-corrected chi connectivity index (χ4v) is 2.19. The van der Waals surface area contributed by atoms with Crippen LogP contribution < -0.4 is 11.1 Å².